The molecule has 3 heteroatoms. The molecule has 0 saturated heterocycles. The molecule has 0 heterocycles. The second-order valence-corrected chi connectivity index (χ2v) is 4.82. The standard InChI is InChI=1S/C11H11BrO2/c1-11(5-6-11)10(13)14-9-4-2-3-8(12)7-9/h2-4,7H,5-6H2,1H3. The lowest BCUT2D eigenvalue weighted by molar-refractivity contribution is -0.139. The zero-order chi connectivity index (χ0) is 10.2. The summed E-state index contributed by atoms with van der Waals surface area (Å²) in [6.07, 6.45) is 1.89. The minimum atomic E-state index is -0.220. The molecule has 0 amide bonds. The van der Waals surface area contributed by atoms with Crippen LogP contribution in [0.5, 0.6) is 5.75 Å². The van der Waals surface area contributed by atoms with Crippen molar-refractivity contribution in [3.05, 3.63) is 28.7 Å². The van der Waals surface area contributed by atoms with Crippen LogP contribution in [0.15, 0.2) is 28.7 Å². The molecule has 0 aliphatic heterocycles. The van der Waals surface area contributed by atoms with E-state index < -0.39 is 0 Å². The van der Waals surface area contributed by atoms with E-state index in [4.69, 9.17) is 4.74 Å². The number of hydrogen-bond donors (Lipinski definition) is 0. The number of ether oxygens (including phenoxy) is 1. The minimum absolute atomic E-state index is 0.115. The predicted octanol–water partition coefficient (Wildman–Crippen LogP) is 3.15. The fourth-order valence-corrected chi connectivity index (χ4v) is 1.53. The van der Waals surface area contributed by atoms with Gasteiger partial charge in [0.1, 0.15) is 5.75 Å². The van der Waals surface area contributed by atoms with Crippen molar-refractivity contribution in [1.82, 2.24) is 0 Å². The topological polar surface area (TPSA) is 26.3 Å². The second kappa shape index (κ2) is 3.39. The van der Waals surface area contributed by atoms with E-state index in [0.717, 1.165) is 17.3 Å². The fraction of sp³-hybridized carbons (Fsp3) is 0.364. The first kappa shape index (κ1) is 9.71. The molecule has 1 aliphatic carbocycles. The number of halogens is 1. The van der Waals surface area contributed by atoms with Gasteiger partial charge in [-0.05, 0) is 38.0 Å². The van der Waals surface area contributed by atoms with Crippen LogP contribution in [0.25, 0.3) is 0 Å². The Labute approximate surface area is 91.4 Å². The summed E-state index contributed by atoms with van der Waals surface area (Å²) in [6.45, 7) is 1.94. The van der Waals surface area contributed by atoms with E-state index in [1.807, 2.05) is 19.1 Å². The van der Waals surface area contributed by atoms with Gasteiger partial charge in [-0.15, -0.1) is 0 Å². The van der Waals surface area contributed by atoms with Crippen molar-refractivity contribution in [3.8, 4) is 5.75 Å². The average Bonchev–Trinajstić information content (AvgIpc) is 2.85. The summed E-state index contributed by atoms with van der Waals surface area (Å²) in [5, 5.41) is 0. The first-order valence-corrected chi connectivity index (χ1v) is 5.37. The SMILES string of the molecule is CC1(C(=O)Oc2cccc(Br)c2)CC1. The quantitative estimate of drug-likeness (QED) is 0.599. The van der Waals surface area contributed by atoms with Gasteiger partial charge in [-0.3, -0.25) is 4.79 Å². The number of rotatable bonds is 2. The molecule has 0 unspecified atom stereocenters. The van der Waals surface area contributed by atoms with E-state index in [1.54, 1.807) is 12.1 Å². The van der Waals surface area contributed by atoms with Gasteiger partial charge in [-0.25, -0.2) is 0 Å². The highest BCUT2D eigenvalue weighted by atomic mass is 79.9. The van der Waals surface area contributed by atoms with Crippen molar-refractivity contribution in [2.75, 3.05) is 0 Å². The summed E-state index contributed by atoms with van der Waals surface area (Å²) in [7, 11) is 0. The summed E-state index contributed by atoms with van der Waals surface area (Å²) < 4.78 is 6.17. The Morgan fingerprint density at radius 2 is 2.21 bits per heavy atom. The summed E-state index contributed by atoms with van der Waals surface area (Å²) in [6, 6.07) is 7.33. The summed E-state index contributed by atoms with van der Waals surface area (Å²) in [4.78, 5) is 11.6. The van der Waals surface area contributed by atoms with Gasteiger partial charge in [-0.2, -0.15) is 0 Å². The molecule has 0 spiro atoms. The number of carbonyl (C=O) groups excluding carboxylic acids is 1. The van der Waals surface area contributed by atoms with Gasteiger partial charge in [0.15, 0.2) is 0 Å². The van der Waals surface area contributed by atoms with Crippen LogP contribution in [0.4, 0.5) is 0 Å². The van der Waals surface area contributed by atoms with Crippen LogP contribution in [0, 0.1) is 5.41 Å². The molecule has 1 fully saturated rings. The molecule has 0 radical (unpaired) electrons. The highest BCUT2D eigenvalue weighted by molar-refractivity contribution is 9.10. The van der Waals surface area contributed by atoms with Crippen molar-refractivity contribution in [3.63, 3.8) is 0 Å². The third-order valence-electron chi connectivity index (χ3n) is 2.50. The van der Waals surface area contributed by atoms with Crippen LogP contribution in [-0.2, 0) is 4.79 Å². The van der Waals surface area contributed by atoms with Crippen molar-refractivity contribution in [2.45, 2.75) is 19.8 Å². The minimum Gasteiger partial charge on any atom is -0.426 e. The van der Waals surface area contributed by atoms with Gasteiger partial charge in [0.2, 0.25) is 0 Å². The maximum Gasteiger partial charge on any atom is 0.317 e. The third-order valence-corrected chi connectivity index (χ3v) is 2.99. The zero-order valence-corrected chi connectivity index (χ0v) is 9.50. The number of carbonyl (C=O) groups is 1. The Hall–Kier alpha value is -0.830. The molecule has 1 saturated carbocycles. The van der Waals surface area contributed by atoms with Gasteiger partial charge in [0.05, 0.1) is 5.41 Å². The molecule has 2 rings (SSSR count). The Morgan fingerprint density at radius 1 is 1.50 bits per heavy atom. The van der Waals surface area contributed by atoms with Crippen molar-refractivity contribution < 1.29 is 9.53 Å². The predicted molar refractivity (Wildman–Crippen MR) is 57.1 cm³/mol. The van der Waals surface area contributed by atoms with E-state index in [2.05, 4.69) is 15.9 Å². The zero-order valence-electron chi connectivity index (χ0n) is 7.92. The van der Waals surface area contributed by atoms with Crippen molar-refractivity contribution in [1.29, 1.82) is 0 Å². The fourth-order valence-electron chi connectivity index (χ4n) is 1.15. The molecule has 2 nitrogen and oxygen atoms in total. The number of hydrogen-bond acceptors (Lipinski definition) is 2. The molecule has 1 aromatic carbocycles. The van der Waals surface area contributed by atoms with Crippen LogP contribution >= 0.6 is 15.9 Å². The Kier molecular flexibility index (Phi) is 2.35. The smallest absolute Gasteiger partial charge is 0.317 e. The van der Waals surface area contributed by atoms with Gasteiger partial charge in [0.25, 0.3) is 0 Å². The molecule has 0 aromatic heterocycles. The normalized spacial score (nSPS) is 17.6. The molecular weight excluding hydrogens is 244 g/mol. The maximum absolute atomic E-state index is 11.6. The van der Waals surface area contributed by atoms with E-state index in [-0.39, 0.29) is 11.4 Å². The lowest BCUT2D eigenvalue weighted by Crippen LogP contribution is -2.18. The first-order chi connectivity index (χ1) is 6.60. The monoisotopic (exact) mass is 254 g/mol. The Balaban J connectivity index is 2.07. The van der Waals surface area contributed by atoms with E-state index in [9.17, 15) is 4.79 Å². The van der Waals surface area contributed by atoms with E-state index in [1.165, 1.54) is 0 Å². The van der Waals surface area contributed by atoms with Gasteiger partial charge in [0, 0.05) is 4.47 Å². The van der Waals surface area contributed by atoms with Gasteiger partial charge < -0.3 is 4.74 Å². The van der Waals surface area contributed by atoms with Crippen LogP contribution in [-0.4, -0.2) is 5.97 Å². The second-order valence-electron chi connectivity index (χ2n) is 3.91. The Morgan fingerprint density at radius 3 is 2.79 bits per heavy atom. The summed E-state index contributed by atoms with van der Waals surface area (Å²) in [5.74, 6) is 0.494. The van der Waals surface area contributed by atoms with Gasteiger partial charge in [-0.1, -0.05) is 22.0 Å². The van der Waals surface area contributed by atoms with Crippen LogP contribution in [0.2, 0.25) is 0 Å². The summed E-state index contributed by atoms with van der Waals surface area (Å²) in [5.41, 5.74) is -0.220. The Bertz CT molecular complexity index is 369. The molecule has 74 valence electrons. The molecule has 0 bridgehead atoms. The molecular formula is C11H11BrO2. The molecule has 1 aromatic rings. The lowest BCUT2D eigenvalue weighted by Gasteiger charge is -2.08. The van der Waals surface area contributed by atoms with Gasteiger partial charge >= 0.3 is 5.97 Å². The van der Waals surface area contributed by atoms with E-state index in [0.29, 0.717) is 5.75 Å². The number of esters is 1. The largest absolute Gasteiger partial charge is 0.426 e. The average molecular weight is 255 g/mol. The van der Waals surface area contributed by atoms with Crippen LogP contribution < -0.4 is 4.74 Å². The first-order valence-electron chi connectivity index (χ1n) is 4.58. The highest BCUT2D eigenvalue weighted by Gasteiger charge is 2.46. The lowest BCUT2D eigenvalue weighted by atomic mass is 10.1. The molecule has 1 aliphatic rings. The van der Waals surface area contributed by atoms with Crippen molar-refractivity contribution >= 4 is 21.9 Å². The molecule has 0 N–H and O–H groups in total. The van der Waals surface area contributed by atoms with E-state index >= 15 is 0 Å². The van der Waals surface area contributed by atoms with Crippen LogP contribution in [0.3, 0.4) is 0 Å². The maximum atomic E-state index is 11.6. The third kappa shape index (κ3) is 1.98. The van der Waals surface area contributed by atoms with Crippen LogP contribution in [0.1, 0.15) is 19.8 Å². The molecule has 14 heavy (non-hydrogen) atoms. The van der Waals surface area contributed by atoms with Crippen molar-refractivity contribution in [2.24, 2.45) is 5.41 Å². The summed E-state index contributed by atoms with van der Waals surface area (Å²) >= 11 is 3.33. The highest BCUT2D eigenvalue weighted by Crippen LogP contribution is 2.46. The number of benzene rings is 1. The molecule has 0 atom stereocenters.